The summed E-state index contributed by atoms with van der Waals surface area (Å²) in [6.45, 7) is 3.89. The largest absolute Gasteiger partial charge is 0.298 e. The Bertz CT molecular complexity index is 1110. The molecule has 4 nitrogen and oxygen atoms in total. The monoisotopic (exact) mass is 372 g/mol. The molecular formula is C22H16N2O2S. The van der Waals surface area contributed by atoms with E-state index in [9.17, 15) is 9.59 Å². The van der Waals surface area contributed by atoms with E-state index in [-0.39, 0.29) is 17.2 Å². The van der Waals surface area contributed by atoms with Crippen molar-refractivity contribution >= 4 is 56.8 Å². The summed E-state index contributed by atoms with van der Waals surface area (Å²) in [4.78, 5) is 26.7. The highest BCUT2D eigenvalue weighted by Gasteiger charge is 2.32. The number of nitrogens with zero attached hydrogens (tertiary/aromatic N) is 1. The molecule has 2 amide bonds. The van der Waals surface area contributed by atoms with Crippen molar-refractivity contribution in [1.82, 2.24) is 10.2 Å². The predicted octanol–water partition coefficient (Wildman–Crippen LogP) is 3.81. The Morgan fingerprint density at radius 2 is 1.59 bits per heavy atom. The highest BCUT2D eigenvalue weighted by atomic mass is 32.1. The summed E-state index contributed by atoms with van der Waals surface area (Å²) in [6, 6.07) is 18.0. The van der Waals surface area contributed by atoms with Gasteiger partial charge in [-0.15, -0.1) is 6.58 Å². The summed E-state index contributed by atoms with van der Waals surface area (Å²) < 4.78 is 0. The van der Waals surface area contributed by atoms with Crippen LogP contribution in [0.1, 0.15) is 5.56 Å². The van der Waals surface area contributed by atoms with Crippen LogP contribution in [0.5, 0.6) is 0 Å². The molecule has 0 unspecified atom stereocenters. The summed E-state index contributed by atoms with van der Waals surface area (Å²) in [7, 11) is 0. The van der Waals surface area contributed by atoms with Crippen molar-refractivity contribution in [3.63, 3.8) is 0 Å². The van der Waals surface area contributed by atoms with Gasteiger partial charge in [-0.1, -0.05) is 54.6 Å². The first kappa shape index (κ1) is 17.1. The van der Waals surface area contributed by atoms with E-state index in [0.717, 1.165) is 27.1 Å². The Morgan fingerprint density at radius 1 is 1.00 bits per heavy atom. The van der Waals surface area contributed by atoms with E-state index in [1.165, 1.54) is 4.90 Å². The molecule has 0 atom stereocenters. The lowest BCUT2D eigenvalue weighted by atomic mass is 9.94. The van der Waals surface area contributed by atoms with E-state index in [1.807, 2.05) is 48.5 Å². The second kappa shape index (κ2) is 6.78. The lowest BCUT2D eigenvalue weighted by molar-refractivity contribution is -0.128. The molecule has 27 heavy (non-hydrogen) atoms. The minimum Gasteiger partial charge on any atom is -0.298 e. The highest BCUT2D eigenvalue weighted by molar-refractivity contribution is 7.80. The van der Waals surface area contributed by atoms with Gasteiger partial charge >= 0.3 is 0 Å². The van der Waals surface area contributed by atoms with Crippen molar-refractivity contribution < 1.29 is 9.59 Å². The van der Waals surface area contributed by atoms with Crippen molar-refractivity contribution in [3.05, 3.63) is 78.4 Å². The molecule has 3 aromatic carbocycles. The van der Waals surface area contributed by atoms with E-state index >= 15 is 0 Å². The van der Waals surface area contributed by atoms with Gasteiger partial charge in [-0.2, -0.15) is 0 Å². The lowest BCUT2D eigenvalue weighted by Crippen LogP contribution is -2.53. The van der Waals surface area contributed by atoms with E-state index in [4.69, 9.17) is 12.2 Å². The molecule has 0 aliphatic carbocycles. The maximum atomic E-state index is 12.9. The molecule has 0 bridgehead atoms. The molecule has 5 heteroatoms. The maximum Gasteiger partial charge on any atom is 0.265 e. The van der Waals surface area contributed by atoms with Crippen LogP contribution in [0.3, 0.4) is 0 Å². The van der Waals surface area contributed by atoms with Crippen LogP contribution in [0.2, 0.25) is 0 Å². The average molecular weight is 372 g/mol. The van der Waals surface area contributed by atoms with E-state index < -0.39 is 11.8 Å². The van der Waals surface area contributed by atoms with Gasteiger partial charge in [0.25, 0.3) is 11.8 Å². The molecule has 1 aliphatic rings. The smallest absolute Gasteiger partial charge is 0.265 e. The summed E-state index contributed by atoms with van der Waals surface area (Å²) >= 11 is 5.12. The van der Waals surface area contributed by atoms with Crippen molar-refractivity contribution in [2.75, 3.05) is 6.54 Å². The second-order valence-electron chi connectivity index (χ2n) is 6.25. The van der Waals surface area contributed by atoms with Gasteiger partial charge in [0.05, 0.1) is 0 Å². The molecule has 1 aliphatic heterocycles. The molecule has 1 fully saturated rings. The normalized spacial score (nSPS) is 16.2. The Kier molecular flexibility index (Phi) is 4.30. The van der Waals surface area contributed by atoms with Crippen LogP contribution in [0.15, 0.2) is 72.8 Å². The Hall–Kier alpha value is -3.31. The lowest BCUT2D eigenvalue weighted by Gasteiger charge is -2.28. The molecule has 1 saturated heterocycles. The van der Waals surface area contributed by atoms with Crippen molar-refractivity contribution in [2.24, 2.45) is 0 Å². The third kappa shape index (κ3) is 2.92. The summed E-state index contributed by atoms with van der Waals surface area (Å²) in [6.07, 6.45) is 3.24. The van der Waals surface area contributed by atoms with Gasteiger partial charge in [-0.3, -0.25) is 19.8 Å². The minimum atomic E-state index is -0.484. The average Bonchev–Trinajstić information content (AvgIpc) is 2.67. The van der Waals surface area contributed by atoms with Crippen LogP contribution in [0.4, 0.5) is 0 Å². The molecule has 0 radical (unpaired) electrons. The first-order valence-corrected chi connectivity index (χ1v) is 8.91. The zero-order valence-electron chi connectivity index (χ0n) is 14.4. The molecule has 132 valence electrons. The first-order chi connectivity index (χ1) is 13.1. The van der Waals surface area contributed by atoms with Crippen LogP contribution in [0.25, 0.3) is 27.6 Å². The number of nitrogens with one attached hydrogen (secondary N) is 1. The van der Waals surface area contributed by atoms with Gasteiger partial charge in [0.15, 0.2) is 5.11 Å². The summed E-state index contributed by atoms with van der Waals surface area (Å²) in [5, 5.41) is 6.75. The molecule has 1 heterocycles. The Balaban J connectivity index is 1.98. The molecule has 0 aromatic heterocycles. The van der Waals surface area contributed by atoms with Crippen LogP contribution in [0, 0.1) is 0 Å². The van der Waals surface area contributed by atoms with Gasteiger partial charge < -0.3 is 0 Å². The van der Waals surface area contributed by atoms with E-state index in [0.29, 0.717) is 0 Å². The molecule has 0 saturated carbocycles. The van der Waals surface area contributed by atoms with Crippen molar-refractivity contribution in [1.29, 1.82) is 0 Å². The van der Waals surface area contributed by atoms with Crippen LogP contribution < -0.4 is 5.32 Å². The fourth-order valence-corrected chi connectivity index (χ4v) is 3.59. The van der Waals surface area contributed by atoms with Gasteiger partial charge in [-0.05, 0) is 51.5 Å². The number of rotatable bonds is 3. The summed E-state index contributed by atoms with van der Waals surface area (Å²) in [5.41, 5.74) is 0.903. The van der Waals surface area contributed by atoms with Gasteiger partial charge in [0.1, 0.15) is 5.57 Å². The number of benzene rings is 3. The van der Waals surface area contributed by atoms with Crippen LogP contribution in [-0.2, 0) is 9.59 Å². The van der Waals surface area contributed by atoms with E-state index in [2.05, 4.69) is 18.0 Å². The highest BCUT2D eigenvalue weighted by Crippen LogP contribution is 2.30. The number of amides is 2. The molecular weight excluding hydrogens is 356 g/mol. The number of carbonyl (C=O) groups excluding carboxylic acids is 2. The number of hydrogen-bond acceptors (Lipinski definition) is 3. The number of fused-ring (bicyclic) bond motifs is 2. The van der Waals surface area contributed by atoms with E-state index in [1.54, 1.807) is 12.2 Å². The van der Waals surface area contributed by atoms with Crippen molar-refractivity contribution in [3.8, 4) is 0 Å². The van der Waals surface area contributed by atoms with Gasteiger partial charge in [0, 0.05) is 6.54 Å². The Morgan fingerprint density at radius 3 is 2.19 bits per heavy atom. The Labute approximate surface area is 161 Å². The van der Waals surface area contributed by atoms with Gasteiger partial charge in [0.2, 0.25) is 0 Å². The first-order valence-electron chi connectivity index (χ1n) is 8.50. The zero-order valence-corrected chi connectivity index (χ0v) is 15.3. The third-order valence-corrected chi connectivity index (χ3v) is 4.92. The molecule has 1 N–H and O–H groups in total. The van der Waals surface area contributed by atoms with Gasteiger partial charge in [-0.25, -0.2) is 0 Å². The third-order valence-electron chi connectivity index (χ3n) is 4.60. The number of carbonyl (C=O) groups is 2. The molecule has 0 spiro atoms. The minimum absolute atomic E-state index is 0.0620. The fraction of sp³-hybridized carbons (Fsp3) is 0.0455. The number of hydrogen-bond donors (Lipinski definition) is 1. The maximum absolute atomic E-state index is 12.9. The summed E-state index contributed by atoms with van der Waals surface area (Å²) in [5.74, 6) is -0.900. The molecule has 3 aromatic rings. The van der Waals surface area contributed by atoms with Crippen molar-refractivity contribution in [2.45, 2.75) is 0 Å². The zero-order chi connectivity index (χ0) is 19.0. The number of thiocarbonyl (C=S) groups is 1. The van der Waals surface area contributed by atoms with Crippen LogP contribution >= 0.6 is 12.2 Å². The quantitative estimate of drug-likeness (QED) is 0.250. The second-order valence-corrected chi connectivity index (χ2v) is 6.64. The molecule has 4 rings (SSSR count). The van der Waals surface area contributed by atoms with Crippen LogP contribution in [-0.4, -0.2) is 28.4 Å². The fourth-order valence-electron chi connectivity index (χ4n) is 3.34. The SMILES string of the molecule is C=CCN1C(=O)/C(=C/c2c3ccccc3cc3ccccc23)C(=O)NC1=S. The predicted molar refractivity (Wildman–Crippen MR) is 112 cm³/mol. The topological polar surface area (TPSA) is 49.4 Å². The standard InChI is InChI=1S/C22H16N2O2S/c1-2-11-24-21(26)19(20(25)23-22(24)27)13-18-16-9-5-3-7-14(16)12-15-8-4-6-10-17(15)18/h2-10,12-13H,1,11H2,(H,23,25,27)/b19-13+.